The van der Waals surface area contributed by atoms with Crippen LogP contribution in [0.4, 0.5) is 18.0 Å². The van der Waals surface area contributed by atoms with Crippen LogP contribution in [0.2, 0.25) is 0 Å². The van der Waals surface area contributed by atoms with E-state index < -0.39 is 17.8 Å². The highest BCUT2D eigenvalue weighted by Gasteiger charge is 2.29. The van der Waals surface area contributed by atoms with Gasteiger partial charge in [-0.2, -0.15) is 18.3 Å². The number of benzene rings is 1. The first-order chi connectivity index (χ1) is 15.8. The molecule has 4 rings (SSSR count). The lowest BCUT2D eigenvalue weighted by molar-refractivity contribution is -0.137. The number of aromatic nitrogens is 4. The zero-order valence-electron chi connectivity index (χ0n) is 17.3. The number of amides is 1. The molecule has 0 unspecified atom stereocenters. The smallest absolute Gasteiger partial charge is 0.397 e. The molecular formula is C22H18F3N5O2S. The van der Waals surface area contributed by atoms with E-state index in [1.807, 2.05) is 6.07 Å². The summed E-state index contributed by atoms with van der Waals surface area (Å²) in [6.45, 7) is 2.32. The van der Waals surface area contributed by atoms with Crippen LogP contribution in [-0.2, 0) is 19.3 Å². The number of hydrogen-bond donors (Lipinski definition) is 1. The van der Waals surface area contributed by atoms with Crippen LogP contribution in [0.1, 0.15) is 22.4 Å². The fraction of sp³-hybridized carbons (Fsp3) is 0.182. The fourth-order valence-corrected chi connectivity index (χ4v) is 3.82. The third-order valence-electron chi connectivity index (χ3n) is 4.58. The molecule has 0 spiro atoms. The quantitative estimate of drug-likeness (QED) is 0.423. The van der Waals surface area contributed by atoms with Gasteiger partial charge < -0.3 is 10.1 Å². The van der Waals surface area contributed by atoms with Gasteiger partial charge in [0.15, 0.2) is 0 Å². The highest BCUT2D eigenvalue weighted by atomic mass is 32.1. The van der Waals surface area contributed by atoms with E-state index in [1.165, 1.54) is 23.5 Å². The van der Waals surface area contributed by atoms with Gasteiger partial charge in [0.1, 0.15) is 10.7 Å². The van der Waals surface area contributed by atoms with Gasteiger partial charge in [0.25, 0.3) is 0 Å². The number of aryl methyl sites for hydroxylation is 1. The van der Waals surface area contributed by atoms with Crippen LogP contribution in [0.3, 0.4) is 0 Å². The molecular weight excluding hydrogens is 455 g/mol. The summed E-state index contributed by atoms with van der Waals surface area (Å²) >= 11 is 1.18. The van der Waals surface area contributed by atoms with Crippen molar-refractivity contribution in [2.45, 2.75) is 26.2 Å². The Morgan fingerprint density at radius 3 is 2.64 bits per heavy atom. The summed E-state index contributed by atoms with van der Waals surface area (Å²) in [5, 5.41) is 8.01. The molecule has 0 saturated heterocycles. The number of halogens is 3. The second-order valence-corrected chi connectivity index (χ2v) is 8.05. The molecule has 0 radical (unpaired) electrons. The van der Waals surface area contributed by atoms with Gasteiger partial charge in [-0.15, -0.1) is 0 Å². The molecule has 170 valence electrons. The van der Waals surface area contributed by atoms with Crippen molar-refractivity contribution in [2.75, 3.05) is 0 Å². The molecule has 1 amide bonds. The largest absolute Gasteiger partial charge is 0.416 e. The summed E-state index contributed by atoms with van der Waals surface area (Å²) in [6, 6.07) is 10.3. The van der Waals surface area contributed by atoms with E-state index in [9.17, 15) is 18.0 Å². The minimum absolute atomic E-state index is 0.283. The van der Waals surface area contributed by atoms with Gasteiger partial charge in [0.2, 0.25) is 5.06 Å². The zero-order chi connectivity index (χ0) is 23.4. The number of carbonyl (C=O) groups excluding carboxylic acids is 1. The predicted octanol–water partition coefficient (Wildman–Crippen LogP) is 5.07. The van der Waals surface area contributed by atoms with Crippen LogP contribution in [0, 0.1) is 6.92 Å². The number of nitrogens with zero attached hydrogens (tertiary/aromatic N) is 4. The van der Waals surface area contributed by atoms with Crippen LogP contribution in [0.25, 0.3) is 10.7 Å². The first-order valence-corrected chi connectivity index (χ1v) is 10.6. The molecule has 0 saturated carbocycles. The van der Waals surface area contributed by atoms with E-state index in [0.717, 1.165) is 17.7 Å². The average Bonchev–Trinajstić information content (AvgIpc) is 3.39. The molecule has 3 heterocycles. The Hall–Kier alpha value is -3.73. The van der Waals surface area contributed by atoms with Crippen molar-refractivity contribution in [1.82, 2.24) is 25.1 Å². The Morgan fingerprint density at radius 1 is 1.15 bits per heavy atom. The third kappa shape index (κ3) is 5.75. The molecule has 0 bridgehead atoms. The SMILES string of the molecule is Cc1nc(-c2ccn(Cc3ccc(C(F)(F)F)cc3)n2)sc1OC(=O)NCc1cccnc1. The van der Waals surface area contributed by atoms with Gasteiger partial charge in [-0.25, -0.2) is 9.78 Å². The predicted molar refractivity (Wildman–Crippen MR) is 116 cm³/mol. The summed E-state index contributed by atoms with van der Waals surface area (Å²) < 4.78 is 45.1. The van der Waals surface area contributed by atoms with Crippen molar-refractivity contribution in [3.05, 3.63) is 83.4 Å². The van der Waals surface area contributed by atoms with Crippen LogP contribution in [-0.4, -0.2) is 25.8 Å². The van der Waals surface area contributed by atoms with Crippen LogP contribution >= 0.6 is 11.3 Å². The molecule has 4 aromatic rings. The summed E-state index contributed by atoms with van der Waals surface area (Å²) in [5.41, 5.74) is 1.95. The first kappa shape index (κ1) is 22.5. The number of rotatable bonds is 6. The molecule has 33 heavy (non-hydrogen) atoms. The van der Waals surface area contributed by atoms with Gasteiger partial charge >= 0.3 is 12.3 Å². The van der Waals surface area contributed by atoms with Crippen molar-refractivity contribution in [3.8, 4) is 15.8 Å². The number of nitrogens with one attached hydrogen (secondary N) is 1. The summed E-state index contributed by atoms with van der Waals surface area (Å²) in [5.74, 6) is 0. The Balaban J connectivity index is 1.38. The zero-order valence-corrected chi connectivity index (χ0v) is 18.2. The summed E-state index contributed by atoms with van der Waals surface area (Å²) in [6.07, 6.45) is 0.0390. The third-order valence-corrected chi connectivity index (χ3v) is 5.64. The Labute approximate surface area is 190 Å². The summed E-state index contributed by atoms with van der Waals surface area (Å²) in [4.78, 5) is 20.5. The molecule has 11 heteroatoms. The van der Waals surface area contributed by atoms with E-state index in [2.05, 4.69) is 20.4 Å². The van der Waals surface area contributed by atoms with Crippen molar-refractivity contribution < 1.29 is 22.7 Å². The fourth-order valence-electron chi connectivity index (χ4n) is 2.93. The molecule has 0 atom stereocenters. The number of pyridine rings is 1. The van der Waals surface area contributed by atoms with E-state index in [4.69, 9.17) is 4.74 Å². The lowest BCUT2D eigenvalue weighted by atomic mass is 10.1. The molecule has 1 N–H and O–H groups in total. The standard InChI is InChI=1S/C22H18F3N5O2S/c1-14-20(32-21(31)27-12-16-3-2-9-26-11-16)33-19(28-14)18-8-10-30(29-18)13-15-4-6-17(7-5-15)22(23,24)25/h2-11H,12-13H2,1H3,(H,27,31). The molecule has 1 aromatic carbocycles. The van der Waals surface area contributed by atoms with Crippen LogP contribution < -0.4 is 10.1 Å². The maximum atomic E-state index is 12.7. The maximum Gasteiger partial charge on any atom is 0.416 e. The van der Waals surface area contributed by atoms with Crippen molar-refractivity contribution in [3.63, 3.8) is 0 Å². The van der Waals surface area contributed by atoms with E-state index in [-0.39, 0.29) is 6.54 Å². The lowest BCUT2D eigenvalue weighted by Gasteiger charge is -2.07. The number of carbonyl (C=O) groups is 1. The second kappa shape index (κ2) is 9.41. The van der Waals surface area contributed by atoms with E-state index >= 15 is 0 Å². The summed E-state index contributed by atoms with van der Waals surface area (Å²) in [7, 11) is 0. The topological polar surface area (TPSA) is 81.9 Å². The Bertz CT molecular complexity index is 1240. The molecule has 0 aliphatic carbocycles. The number of thiazole rings is 1. The van der Waals surface area contributed by atoms with Gasteiger partial charge in [-0.05, 0) is 42.3 Å². The maximum absolute atomic E-state index is 12.7. The van der Waals surface area contributed by atoms with E-state index in [1.54, 1.807) is 42.3 Å². The first-order valence-electron chi connectivity index (χ1n) is 9.80. The van der Waals surface area contributed by atoms with Crippen molar-refractivity contribution >= 4 is 17.4 Å². The van der Waals surface area contributed by atoms with Crippen LogP contribution in [0.5, 0.6) is 5.06 Å². The van der Waals surface area contributed by atoms with Crippen molar-refractivity contribution in [2.24, 2.45) is 0 Å². The monoisotopic (exact) mass is 473 g/mol. The number of hydrogen-bond acceptors (Lipinski definition) is 6. The molecule has 7 nitrogen and oxygen atoms in total. The minimum atomic E-state index is -4.37. The normalized spacial score (nSPS) is 11.4. The number of alkyl halides is 3. The molecule has 0 aliphatic heterocycles. The van der Waals surface area contributed by atoms with Crippen molar-refractivity contribution in [1.29, 1.82) is 0 Å². The molecule has 0 fully saturated rings. The van der Waals surface area contributed by atoms with Gasteiger partial charge in [0.05, 0.1) is 17.8 Å². The molecule has 3 aromatic heterocycles. The van der Waals surface area contributed by atoms with Gasteiger partial charge in [0, 0.05) is 25.1 Å². The molecule has 0 aliphatic rings. The van der Waals surface area contributed by atoms with E-state index in [0.29, 0.717) is 33.6 Å². The van der Waals surface area contributed by atoms with Crippen LogP contribution in [0.15, 0.2) is 61.1 Å². The lowest BCUT2D eigenvalue weighted by Crippen LogP contribution is -2.26. The Kier molecular flexibility index (Phi) is 6.40. The number of ether oxygens (including phenoxy) is 1. The van der Waals surface area contributed by atoms with Gasteiger partial charge in [-0.3, -0.25) is 9.67 Å². The highest BCUT2D eigenvalue weighted by molar-refractivity contribution is 7.17. The average molecular weight is 473 g/mol. The second-order valence-electron chi connectivity index (χ2n) is 7.09. The van der Waals surface area contributed by atoms with Gasteiger partial charge in [-0.1, -0.05) is 29.5 Å². The highest BCUT2D eigenvalue weighted by Crippen LogP contribution is 2.33. The Morgan fingerprint density at radius 2 is 1.94 bits per heavy atom. The minimum Gasteiger partial charge on any atom is -0.397 e.